The Labute approximate surface area is 410 Å². The molecule has 364 valence electrons. The Morgan fingerprint density at radius 3 is 1.26 bits per heavy atom. The van der Waals surface area contributed by atoms with Gasteiger partial charge in [0.25, 0.3) is 0 Å². The number of nitrogens with zero attached hydrogens (tertiary/aromatic N) is 5. The molecule has 0 aromatic carbocycles. The van der Waals surface area contributed by atoms with Crippen molar-refractivity contribution in [3.8, 4) is 0 Å². The fourth-order valence-corrected chi connectivity index (χ4v) is 8.01. The predicted octanol–water partition coefficient (Wildman–Crippen LogP) is 11.9. The minimum atomic E-state index is -0.508. The number of piperidine rings is 2. The highest BCUT2D eigenvalue weighted by molar-refractivity contribution is 9.11. The number of rotatable bonds is 5. The van der Waals surface area contributed by atoms with E-state index in [1.165, 1.54) is 37.9 Å². The summed E-state index contributed by atoms with van der Waals surface area (Å²) < 4.78 is 57.3. The Bertz CT molecular complexity index is 1840. The Morgan fingerprint density at radius 2 is 0.908 bits per heavy atom. The molecule has 0 amide bonds. The van der Waals surface area contributed by atoms with Gasteiger partial charge in [0.1, 0.15) is 16.8 Å². The summed E-state index contributed by atoms with van der Waals surface area (Å²) in [5.41, 5.74) is 5.76. The van der Waals surface area contributed by atoms with Gasteiger partial charge in [0.05, 0.1) is 73.6 Å². The van der Waals surface area contributed by atoms with E-state index < -0.39 is 22.8 Å². The van der Waals surface area contributed by atoms with Gasteiger partial charge in [0.15, 0.2) is 17.5 Å². The first kappa shape index (κ1) is 57.7. The van der Waals surface area contributed by atoms with Crippen LogP contribution in [0.4, 0.5) is 30.2 Å². The molecule has 1 aliphatic carbocycles. The number of hydrogen-bond acceptors (Lipinski definition) is 12. The Morgan fingerprint density at radius 1 is 0.569 bits per heavy atom. The lowest BCUT2D eigenvalue weighted by atomic mass is 9.89. The summed E-state index contributed by atoms with van der Waals surface area (Å²) >= 11 is 11.8. The second-order valence-corrected chi connectivity index (χ2v) is 21.0. The van der Waals surface area contributed by atoms with Gasteiger partial charge in [0, 0.05) is 38.6 Å². The second kappa shape index (κ2) is 26.2. The molecular formula is C46H65Br2Cl2F3N6O6. The van der Waals surface area contributed by atoms with Gasteiger partial charge in [-0.2, -0.15) is 0 Å². The lowest BCUT2D eigenvalue weighted by molar-refractivity contribution is -0.162. The molecule has 1 saturated carbocycles. The Balaban J connectivity index is 0.000000310. The van der Waals surface area contributed by atoms with Crippen LogP contribution in [0, 0.1) is 35.2 Å². The molecule has 2 N–H and O–H groups in total. The first-order chi connectivity index (χ1) is 29.8. The van der Waals surface area contributed by atoms with E-state index in [9.17, 15) is 27.6 Å². The number of carbonyl (C=O) groups excluding carboxylic acids is 3. The number of nitrogens with two attached hydrogens (primary N) is 1. The average molecular weight is 1090 g/mol. The summed E-state index contributed by atoms with van der Waals surface area (Å²) in [4.78, 5) is 50.6. The van der Waals surface area contributed by atoms with Gasteiger partial charge in [-0.05, 0) is 133 Å². The summed E-state index contributed by atoms with van der Waals surface area (Å²) in [6.45, 7) is 19.3. The van der Waals surface area contributed by atoms with Crippen LogP contribution >= 0.6 is 55.9 Å². The topological polar surface area (TPSA) is 150 Å². The normalized spacial score (nSPS) is 16.2. The monoisotopic (exact) mass is 1080 g/mol. The van der Waals surface area contributed by atoms with Crippen molar-refractivity contribution >= 4 is 90.8 Å². The van der Waals surface area contributed by atoms with Crippen LogP contribution in [0.5, 0.6) is 0 Å². The molecule has 0 spiro atoms. The van der Waals surface area contributed by atoms with E-state index in [2.05, 4.69) is 46.8 Å². The number of anilines is 3. The number of aromatic nitrogens is 3. The number of carbonyl (C=O) groups is 3. The SMILES string of the molecule is CC(C)(C)OC(=O)C1CCCCC1.CC(C)(C)OC(=O)C1CCN(c2c(F)cncc2Br)CC1.CC(C)(C)OC(=O)C1CCN(c2c(N)cncc2F)CC1.Cl.Fc1cncc(Br)c1Cl. The largest absolute Gasteiger partial charge is 0.460 e. The van der Waals surface area contributed by atoms with Gasteiger partial charge in [-0.15, -0.1) is 12.4 Å². The highest BCUT2D eigenvalue weighted by atomic mass is 79.9. The van der Waals surface area contributed by atoms with Crippen molar-refractivity contribution in [3.63, 3.8) is 0 Å². The molecule has 3 aromatic rings. The van der Waals surface area contributed by atoms with Crippen molar-refractivity contribution < 1.29 is 41.8 Å². The molecule has 3 fully saturated rings. The quantitative estimate of drug-likeness (QED) is 0.191. The van der Waals surface area contributed by atoms with Crippen molar-refractivity contribution in [2.24, 2.45) is 17.8 Å². The molecule has 6 rings (SSSR count). The maximum absolute atomic E-state index is 13.9. The molecule has 12 nitrogen and oxygen atoms in total. The van der Waals surface area contributed by atoms with Crippen molar-refractivity contribution in [2.75, 3.05) is 41.7 Å². The fraction of sp³-hybridized carbons (Fsp3) is 0.609. The number of nitrogen functional groups attached to an aromatic ring is 1. The molecule has 0 unspecified atom stereocenters. The zero-order valence-corrected chi connectivity index (χ0v) is 43.6. The van der Waals surface area contributed by atoms with Gasteiger partial charge in [-0.25, -0.2) is 13.2 Å². The third-order valence-electron chi connectivity index (χ3n) is 9.97. The van der Waals surface area contributed by atoms with E-state index in [0.29, 0.717) is 77.9 Å². The summed E-state index contributed by atoms with van der Waals surface area (Å²) in [6, 6.07) is 0. The predicted molar refractivity (Wildman–Crippen MR) is 259 cm³/mol. The minimum Gasteiger partial charge on any atom is -0.460 e. The standard InChI is InChI=1S/C15H20BrFN2O2.C15H22FN3O2.C11H20O2.C5H2BrClFN.ClH/c2*1-15(2,3)21-14(20)10-4-6-19(7-5-10)13-11(16)8-18-9-12(13)17;1-11(2,3)13-10(12)9-7-5-4-6-8-9;6-3-1-9-2-4(8)5(3)7;/h8-10H,4-7H2,1-3H3;8-10H,4-7,17H2,1-3H3;9H,4-8H2,1-3H3;1-2H;1H. The summed E-state index contributed by atoms with van der Waals surface area (Å²) in [5.74, 6) is -1.67. The second-order valence-electron chi connectivity index (χ2n) is 18.9. The fourth-order valence-electron chi connectivity index (χ4n) is 7.05. The van der Waals surface area contributed by atoms with Gasteiger partial charge in [-0.1, -0.05) is 30.9 Å². The molecule has 5 heterocycles. The summed E-state index contributed by atoms with van der Waals surface area (Å²) in [5, 5.41) is 0.0741. The number of esters is 3. The summed E-state index contributed by atoms with van der Waals surface area (Å²) in [7, 11) is 0. The maximum Gasteiger partial charge on any atom is 0.309 e. The van der Waals surface area contributed by atoms with Crippen molar-refractivity contribution in [1.82, 2.24) is 15.0 Å². The highest BCUT2D eigenvalue weighted by Gasteiger charge is 2.32. The van der Waals surface area contributed by atoms with Crippen molar-refractivity contribution in [1.29, 1.82) is 0 Å². The van der Waals surface area contributed by atoms with Crippen molar-refractivity contribution in [2.45, 2.75) is 137 Å². The van der Waals surface area contributed by atoms with Crippen LogP contribution in [0.1, 0.15) is 120 Å². The summed E-state index contributed by atoms with van der Waals surface area (Å²) in [6.07, 6.45) is 16.2. The van der Waals surface area contributed by atoms with E-state index >= 15 is 0 Å². The van der Waals surface area contributed by atoms with E-state index in [1.54, 1.807) is 6.20 Å². The van der Waals surface area contributed by atoms with E-state index in [1.807, 2.05) is 72.1 Å². The molecule has 0 bridgehead atoms. The van der Waals surface area contributed by atoms with Gasteiger partial charge in [-0.3, -0.25) is 29.3 Å². The molecule has 0 radical (unpaired) electrons. The lowest BCUT2D eigenvalue weighted by Gasteiger charge is -2.34. The van der Waals surface area contributed by atoms with Crippen LogP contribution in [0.3, 0.4) is 0 Å². The Kier molecular flexibility index (Phi) is 23.3. The van der Waals surface area contributed by atoms with Crippen LogP contribution in [0.2, 0.25) is 5.02 Å². The zero-order valence-electron chi connectivity index (χ0n) is 38.8. The minimum absolute atomic E-state index is 0. The van der Waals surface area contributed by atoms with Crippen LogP contribution in [-0.4, -0.2) is 75.8 Å². The average Bonchev–Trinajstić information content (AvgIpc) is 3.19. The molecule has 3 aromatic heterocycles. The zero-order chi connectivity index (χ0) is 48.0. The molecule has 65 heavy (non-hydrogen) atoms. The third-order valence-corrected chi connectivity index (χ3v) is 11.8. The molecule has 0 atom stereocenters. The Hall–Kier alpha value is -3.41. The van der Waals surface area contributed by atoms with E-state index in [-0.39, 0.29) is 64.5 Å². The van der Waals surface area contributed by atoms with Crippen LogP contribution in [0.25, 0.3) is 0 Å². The number of hydrogen-bond donors (Lipinski definition) is 1. The van der Waals surface area contributed by atoms with Crippen LogP contribution in [0.15, 0.2) is 46.1 Å². The maximum atomic E-state index is 13.9. The third kappa shape index (κ3) is 20.2. The van der Waals surface area contributed by atoms with Gasteiger partial charge >= 0.3 is 17.9 Å². The van der Waals surface area contributed by atoms with Gasteiger partial charge in [0.2, 0.25) is 0 Å². The smallest absolute Gasteiger partial charge is 0.309 e. The highest BCUT2D eigenvalue weighted by Crippen LogP contribution is 2.34. The number of pyridine rings is 3. The van der Waals surface area contributed by atoms with Crippen molar-refractivity contribution in [3.05, 3.63) is 68.6 Å². The first-order valence-corrected chi connectivity index (χ1v) is 23.5. The van der Waals surface area contributed by atoms with Crippen LogP contribution in [-0.2, 0) is 28.6 Å². The van der Waals surface area contributed by atoms with Crippen LogP contribution < -0.4 is 15.5 Å². The lowest BCUT2D eigenvalue weighted by Crippen LogP contribution is -2.39. The molecule has 3 aliphatic rings. The van der Waals surface area contributed by atoms with Gasteiger partial charge < -0.3 is 29.7 Å². The molecule has 2 aliphatic heterocycles. The van der Waals surface area contributed by atoms with E-state index in [0.717, 1.165) is 25.2 Å². The molecule has 2 saturated heterocycles. The molecular weight excluding hydrogens is 1020 g/mol. The number of ether oxygens (including phenoxy) is 3. The van der Waals surface area contributed by atoms with E-state index in [4.69, 9.17) is 31.5 Å². The molecule has 19 heteroatoms. The first-order valence-electron chi connectivity index (χ1n) is 21.6. The number of halogens is 7.